The van der Waals surface area contributed by atoms with Crippen LogP contribution in [-0.2, 0) is 4.79 Å². The fourth-order valence-corrected chi connectivity index (χ4v) is 2.73. The number of hydrogen-bond acceptors (Lipinski definition) is 2. The molecule has 0 unspecified atom stereocenters. The van der Waals surface area contributed by atoms with Crippen molar-refractivity contribution in [2.75, 3.05) is 32.1 Å². The summed E-state index contributed by atoms with van der Waals surface area (Å²) in [6.07, 6.45) is 6.94. The average molecular weight is 293 g/mol. The molecule has 1 amide bonds. The fourth-order valence-electron chi connectivity index (χ4n) is 2.38. The first-order chi connectivity index (χ1) is 9.58. The smallest absolute Gasteiger partial charge is 0.246 e. The Labute approximate surface area is 125 Å². The molecular formula is C16H21ClN2O. The van der Waals surface area contributed by atoms with Crippen molar-refractivity contribution in [3.05, 3.63) is 34.9 Å². The number of carbonyl (C=O) groups excluding carboxylic acids is 1. The predicted octanol–water partition coefficient (Wildman–Crippen LogP) is 3.43. The predicted molar refractivity (Wildman–Crippen MR) is 85.2 cm³/mol. The molecule has 1 saturated heterocycles. The van der Waals surface area contributed by atoms with Crippen LogP contribution < -0.4 is 4.90 Å². The summed E-state index contributed by atoms with van der Waals surface area (Å²) in [6.45, 7) is 1.76. The van der Waals surface area contributed by atoms with Crippen LogP contribution >= 0.6 is 11.6 Å². The number of amides is 1. The van der Waals surface area contributed by atoms with Crippen LogP contribution in [0.25, 0.3) is 6.08 Å². The van der Waals surface area contributed by atoms with E-state index in [0.29, 0.717) is 5.02 Å². The van der Waals surface area contributed by atoms with Crippen LogP contribution in [-0.4, -0.2) is 38.0 Å². The van der Waals surface area contributed by atoms with Crippen molar-refractivity contribution in [1.82, 2.24) is 4.90 Å². The highest BCUT2D eigenvalue weighted by Gasteiger charge is 2.13. The maximum Gasteiger partial charge on any atom is 0.246 e. The third-order valence-corrected chi connectivity index (χ3v) is 3.84. The molecule has 0 atom stereocenters. The molecule has 0 aromatic heterocycles. The van der Waals surface area contributed by atoms with Gasteiger partial charge in [-0.05, 0) is 43.0 Å². The van der Waals surface area contributed by atoms with E-state index >= 15 is 0 Å². The molecule has 20 heavy (non-hydrogen) atoms. The molecular weight excluding hydrogens is 272 g/mol. The lowest BCUT2D eigenvalue weighted by Crippen LogP contribution is -2.34. The quantitative estimate of drug-likeness (QED) is 0.797. The number of rotatable bonds is 3. The van der Waals surface area contributed by atoms with Gasteiger partial charge < -0.3 is 9.80 Å². The van der Waals surface area contributed by atoms with Gasteiger partial charge in [-0.15, -0.1) is 0 Å². The van der Waals surface area contributed by atoms with Crippen molar-refractivity contribution in [2.24, 2.45) is 0 Å². The number of nitrogens with zero attached hydrogens (tertiary/aromatic N) is 2. The van der Waals surface area contributed by atoms with Gasteiger partial charge in [0.1, 0.15) is 0 Å². The van der Waals surface area contributed by atoms with Gasteiger partial charge in [-0.3, -0.25) is 4.79 Å². The Morgan fingerprint density at radius 2 is 1.95 bits per heavy atom. The third kappa shape index (κ3) is 3.76. The van der Waals surface area contributed by atoms with Crippen molar-refractivity contribution in [1.29, 1.82) is 0 Å². The maximum absolute atomic E-state index is 12.0. The zero-order valence-electron chi connectivity index (χ0n) is 12.1. The largest absolute Gasteiger partial charge is 0.376 e. The minimum absolute atomic E-state index is 0.0949. The molecule has 0 N–H and O–H groups in total. The molecule has 108 valence electrons. The van der Waals surface area contributed by atoms with Crippen LogP contribution in [0.1, 0.15) is 24.8 Å². The lowest BCUT2D eigenvalue weighted by molar-refractivity contribution is -0.126. The third-order valence-electron chi connectivity index (χ3n) is 3.54. The molecule has 1 aromatic rings. The molecule has 4 heteroatoms. The molecule has 0 radical (unpaired) electrons. The van der Waals surface area contributed by atoms with Crippen molar-refractivity contribution in [3.63, 3.8) is 0 Å². The van der Waals surface area contributed by atoms with Gasteiger partial charge in [0.25, 0.3) is 0 Å². The number of anilines is 1. The van der Waals surface area contributed by atoms with Crippen molar-refractivity contribution >= 4 is 29.3 Å². The normalized spacial score (nSPS) is 15.7. The summed E-state index contributed by atoms with van der Waals surface area (Å²) in [5.74, 6) is 0.0949. The Bertz CT molecular complexity index is 505. The van der Waals surface area contributed by atoms with E-state index in [1.807, 2.05) is 48.2 Å². The van der Waals surface area contributed by atoms with Gasteiger partial charge >= 0.3 is 0 Å². The average Bonchev–Trinajstić information content (AvgIpc) is 2.45. The van der Waals surface area contributed by atoms with E-state index in [9.17, 15) is 4.79 Å². The summed E-state index contributed by atoms with van der Waals surface area (Å²) < 4.78 is 0. The summed E-state index contributed by atoms with van der Waals surface area (Å²) in [7, 11) is 3.91. The minimum atomic E-state index is 0.0949. The number of carbonyl (C=O) groups is 1. The standard InChI is InChI=1S/C16H21ClN2O/c1-18(2)15-8-6-13(12-14(15)17)7-9-16(20)19-10-4-3-5-11-19/h6-9,12H,3-5,10-11H2,1-2H3/b9-7+. The Kier molecular flexibility index (Phi) is 5.07. The number of likely N-dealkylation sites (tertiary alicyclic amines) is 1. The van der Waals surface area contributed by atoms with Crippen LogP contribution in [0.4, 0.5) is 5.69 Å². The number of hydrogen-bond donors (Lipinski definition) is 0. The molecule has 0 bridgehead atoms. The van der Waals surface area contributed by atoms with E-state index in [2.05, 4.69) is 0 Å². The summed E-state index contributed by atoms with van der Waals surface area (Å²) in [5, 5.41) is 0.697. The minimum Gasteiger partial charge on any atom is -0.376 e. The molecule has 0 spiro atoms. The molecule has 1 aliphatic rings. The summed E-state index contributed by atoms with van der Waals surface area (Å²) >= 11 is 6.22. The van der Waals surface area contributed by atoms with Crippen LogP contribution in [0.2, 0.25) is 5.02 Å². The van der Waals surface area contributed by atoms with Crippen molar-refractivity contribution < 1.29 is 4.79 Å². The fraction of sp³-hybridized carbons (Fsp3) is 0.438. The summed E-state index contributed by atoms with van der Waals surface area (Å²) in [5.41, 5.74) is 1.93. The van der Waals surface area contributed by atoms with E-state index in [1.54, 1.807) is 6.08 Å². The zero-order chi connectivity index (χ0) is 14.5. The molecule has 2 rings (SSSR count). The van der Waals surface area contributed by atoms with Gasteiger partial charge in [0, 0.05) is 33.3 Å². The molecule has 0 aliphatic carbocycles. The zero-order valence-corrected chi connectivity index (χ0v) is 12.9. The molecule has 3 nitrogen and oxygen atoms in total. The first kappa shape index (κ1) is 14.9. The number of piperidine rings is 1. The van der Waals surface area contributed by atoms with Gasteiger partial charge in [0.05, 0.1) is 10.7 Å². The first-order valence-corrected chi connectivity index (χ1v) is 7.39. The second-order valence-electron chi connectivity index (χ2n) is 5.32. The van der Waals surface area contributed by atoms with Gasteiger partial charge in [0.2, 0.25) is 5.91 Å². The first-order valence-electron chi connectivity index (χ1n) is 7.02. The van der Waals surface area contributed by atoms with Gasteiger partial charge in [0.15, 0.2) is 0 Å². The molecule has 1 aromatic carbocycles. The molecule has 1 fully saturated rings. The SMILES string of the molecule is CN(C)c1ccc(/C=C/C(=O)N2CCCCC2)cc1Cl. The van der Waals surface area contributed by atoms with E-state index in [-0.39, 0.29) is 5.91 Å². The lowest BCUT2D eigenvalue weighted by atomic mass is 10.1. The van der Waals surface area contributed by atoms with E-state index in [0.717, 1.165) is 37.2 Å². The van der Waals surface area contributed by atoms with E-state index in [1.165, 1.54) is 6.42 Å². The Morgan fingerprint density at radius 1 is 1.25 bits per heavy atom. The maximum atomic E-state index is 12.0. The Morgan fingerprint density at radius 3 is 2.55 bits per heavy atom. The monoisotopic (exact) mass is 292 g/mol. The van der Waals surface area contributed by atoms with Crippen LogP contribution in [0.3, 0.4) is 0 Å². The van der Waals surface area contributed by atoms with Crippen LogP contribution in [0.5, 0.6) is 0 Å². The van der Waals surface area contributed by atoms with Crippen LogP contribution in [0.15, 0.2) is 24.3 Å². The summed E-state index contributed by atoms with van der Waals surface area (Å²) in [4.78, 5) is 15.9. The topological polar surface area (TPSA) is 23.6 Å². The number of halogens is 1. The highest BCUT2D eigenvalue weighted by atomic mass is 35.5. The van der Waals surface area contributed by atoms with Crippen LogP contribution in [0, 0.1) is 0 Å². The number of benzene rings is 1. The second-order valence-corrected chi connectivity index (χ2v) is 5.73. The van der Waals surface area contributed by atoms with E-state index < -0.39 is 0 Å². The highest BCUT2D eigenvalue weighted by Crippen LogP contribution is 2.25. The molecule has 1 heterocycles. The summed E-state index contributed by atoms with van der Waals surface area (Å²) in [6, 6.07) is 5.82. The Hall–Kier alpha value is -1.48. The molecule has 0 saturated carbocycles. The second kappa shape index (κ2) is 6.80. The lowest BCUT2D eigenvalue weighted by Gasteiger charge is -2.25. The van der Waals surface area contributed by atoms with Crippen molar-refractivity contribution in [3.8, 4) is 0 Å². The van der Waals surface area contributed by atoms with Gasteiger partial charge in [-0.1, -0.05) is 17.7 Å². The molecule has 1 aliphatic heterocycles. The van der Waals surface area contributed by atoms with Gasteiger partial charge in [-0.25, -0.2) is 0 Å². The van der Waals surface area contributed by atoms with E-state index in [4.69, 9.17) is 11.6 Å². The highest BCUT2D eigenvalue weighted by molar-refractivity contribution is 6.33. The van der Waals surface area contributed by atoms with Crippen molar-refractivity contribution in [2.45, 2.75) is 19.3 Å². The Balaban J connectivity index is 2.03. The van der Waals surface area contributed by atoms with Gasteiger partial charge in [-0.2, -0.15) is 0 Å².